The summed E-state index contributed by atoms with van der Waals surface area (Å²) in [5.74, 6) is 0.0316. The maximum atomic E-state index is 12.0. The van der Waals surface area contributed by atoms with Gasteiger partial charge in [0, 0.05) is 25.2 Å². The number of anilines is 3. The Bertz CT molecular complexity index is 640. The number of carbonyl (C=O) groups is 1. The molecule has 1 aliphatic rings. The number of rotatable bonds is 4. The number of nitrogens with zero attached hydrogens (tertiary/aromatic N) is 1. The SMILES string of the molecule is Nc1cccc2c1N(CCC(=O)Nc1ccccc1)CC2. The molecule has 108 valence electrons. The van der Waals surface area contributed by atoms with Gasteiger partial charge in [0.1, 0.15) is 0 Å². The van der Waals surface area contributed by atoms with Crippen LogP contribution >= 0.6 is 0 Å². The lowest BCUT2D eigenvalue weighted by atomic mass is 10.1. The van der Waals surface area contributed by atoms with Crippen LogP contribution in [-0.2, 0) is 11.2 Å². The fourth-order valence-corrected chi connectivity index (χ4v) is 2.77. The molecule has 4 heteroatoms. The number of carbonyl (C=O) groups excluding carboxylic acids is 1. The highest BCUT2D eigenvalue weighted by atomic mass is 16.1. The third kappa shape index (κ3) is 2.99. The van der Waals surface area contributed by atoms with Crippen molar-refractivity contribution in [3.8, 4) is 0 Å². The van der Waals surface area contributed by atoms with Gasteiger partial charge in [0.15, 0.2) is 0 Å². The molecule has 1 heterocycles. The normalized spacial score (nSPS) is 13.0. The molecule has 0 atom stereocenters. The Morgan fingerprint density at radius 3 is 2.76 bits per heavy atom. The smallest absolute Gasteiger partial charge is 0.226 e. The van der Waals surface area contributed by atoms with E-state index in [1.54, 1.807) is 0 Å². The standard InChI is InChI=1S/C17H19N3O/c18-15-8-4-5-13-9-11-20(17(13)15)12-10-16(21)19-14-6-2-1-3-7-14/h1-8H,9-12,18H2,(H,19,21). The Kier molecular flexibility index (Phi) is 3.77. The summed E-state index contributed by atoms with van der Waals surface area (Å²) in [6.07, 6.45) is 1.46. The lowest BCUT2D eigenvalue weighted by Gasteiger charge is -2.20. The van der Waals surface area contributed by atoms with Crippen LogP contribution in [0.5, 0.6) is 0 Å². The van der Waals surface area contributed by atoms with Crippen molar-refractivity contribution in [1.29, 1.82) is 0 Å². The van der Waals surface area contributed by atoms with Crippen molar-refractivity contribution >= 4 is 23.0 Å². The lowest BCUT2D eigenvalue weighted by molar-refractivity contribution is -0.116. The largest absolute Gasteiger partial charge is 0.397 e. The Hall–Kier alpha value is -2.49. The van der Waals surface area contributed by atoms with E-state index in [-0.39, 0.29) is 5.91 Å². The van der Waals surface area contributed by atoms with E-state index in [0.29, 0.717) is 13.0 Å². The quantitative estimate of drug-likeness (QED) is 0.847. The van der Waals surface area contributed by atoms with Gasteiger partial charge in [-0.2, -0.15) is 0 Å². The highest BCUT2D eigenvalue weighted by molar-refractivity contribution is 5.91. The van der Waals surface area contributed by atoms with E-state index >= 15 is 0 Å². The number of fused-ring (bicyclic) bond motifs is 1. The van der Waals surface area contributed by atoms with Gasteiger partial charge in [0.2, 0.25) is 5.91 Å². The van der Waals surface area contributed by atoms with Crippen LogP contribution < -0.4 is 16.0 Å². The molecule has 3 rings (SSSR count). The van der Waals surface area contributed by atoms with Gasteiger partial charge in [-0.15, -0.1) is 0 Å². The number of para-hydroxylation sites is 2. The summed E-state index contributed by atoms with van der Waals surface area (Å²) in [6.45, 7) is 1.63. The van der Waals surface area contributed by atoms with Crippen LogP contribution in [0.3, 0.4) is 0 Å². The molecule has 0 bridgehead atoms. The number of hydrogen-bond donors (Lipinski definition) is 2. The van der Waals surface area contributed by atoms with Gasteiger partial charge in [-0.1, -0.05) is 30.3 Å². The van der Waals surface area contributed by atoms with Crippen molar-refractivity contribution < 1.29 is 4.79 Å². The number of nitrogens with one attached hydrogen (secondary N) is 1. The van der Waals surface area contributed by atoms with Gasteiger partial charge in [-0.05, 0) is 30.2 Å². The topological polar surface area (TPSA) is 58.4 Å². The molecule has 4 nitrogen and oxygen atoms in total. The van der Waals surface area contributed by atoms with Gasteiger partial charge in [-0.3, -0.25) is 4.79 Å². The van der Waals surface area contributed by atoms with Crippen LogP contribution in [0, 0.1) is 0 Å². The molecular formula is C17H19N3O. The summed E-state index contributed by atoms with van der Waals surface area (Å²) < 4.78 is 0. The average Bonchev–Trinajstić information content (AvgIpc) is 2.91. The predicted molar refractivity (Wildman–Crippen MR) is 86.5 cm³/mol. The molecule has 0 saturated carbocycles. The maximum Gasteiger partial charge on any atom is 0.226 e. The second-order valence-electron chi connectivity index (χ2n) is 5.26. The van der Waals surface area contributed by atoms with Crippen molar-refractivity contribution in [3.05, 3.63) is 54.1 Å². The Morgan fingerprint density at radius 1 is 1.14 bits per heavy atom. The molecule has 2 aromatic carbocycles. The van der Waals surface area contributed by atoms with Gasteiger partial charge in [-0.25, -0.2) is 0 Å². The summed E-state index contributed by atoms with van der Waals surface area (Å²) in [7, 11) is 0. The van der Waals surface area contributed by atoms with Crippen LogP contribution in [0.25, 0.3) is 0 Å². The zero-order valence-electron chi connectivity index (χ0n) is 11.9. The molecule has 0 saturated heterocycles. The fraction of sp³-hybridized carbons (Fsp3) is 0.235. The van der Waals surface area contributed by atoms with E-state index in [1.165, 1.54) is 5.56 Å². The Morgan fingerprint density at radius 2 is 1.95 bits per heavy atom. The Labute approximate surface area is 124 Å². The summed E-state index contributed by atoms with van der Waals surface area (Å²) in [6, 6.07) is 15.5. The number of amides is 1. The zero-order chi connectivity index (χ0) is 14.7. The molecule has 0 spiro atoms. The van der Waals surface area contributed by atoms with Gasteiger partial charge < -0.3 is 16.0 Å². The van der Waals surface area contributed by atoms with Gasteiger partial charge in [0.05, 0.1) is 11.4 Å². The number of nitrogens with two attached hydrogens (primary N) is 1. The minimum absolute atomic E-state index is 0.0316. The van der Waals surface area contributed by atoms with Crippen molar-refractivity contribution in [2.75, 3.05) is 29.0 Å². The minimum Gasteiger partial charge on any atom is -0.397 e. The minimum atomic E-state index is 0.0316. The highest BCUT2D eigenvalue weighted by Crippen LogP contribution is 2.33. The van der Waals surface area contributed by atoms with Crippen molar-refractivity contribution in [2.24, 2.45) is 0 Å². The molecule has 1 amide bonds. The molecule has 0 unspecified atom stereocenters. The molecule has 2 aromatic rings. The summed E-state index contributed by atoms with van der Waals surface area (Å²) >= 11 is 0. The fourth-order valence-electron chi connectivity index (χ4n) is 2.77. The summed E-state index contributed by atoms with van der Waals surface area (Å²) in [5.41, 5.74) is 10.1. The lowest BCUT2D eigenvalue weighted by Crippen LogP contribution is -2.26. The van der Waals surface area contributed by atoms with Crippen molar-refractivity contribution in [3.63, 3.8) is 0 Å². The first-order valence-electron chi connectivity index (χ1n) is 7.21. The van der Waals surface area contributed by atoms with Crippen LogP contribution in [0.2, 0.25) is 0 Å². The molecule has 1 aliphatic heterocycles. The maximum absolute atomic E-state index is 12.0. The van der Waals surface area contributed by atoms with E-state index in [2.05, 4.69) is 16.3 Å². The molecular weight excluding hydrogens is 262 g/mol. The van der Waals surface area contributed by atoms with E-state index in [4.69, 9.17) is 5.73 Å². The van der Waals surface area contributed by atoms with E-state index in [9.17, 15) is 4.79 Å². The van der Waals surface area contributed by atoms with Gasteiger partial charge >= 0.3 is 0 Å². The zero-order valence-corrected chi connectivity index (χ0v) is 11.9. The number of nitrogen functional groups attached to an aromatic ring is 1. The number of hydrogen-bond acceptors (Lipinski definition) is 3. The average molecular weight is 281 g/mol. The highest BCUT2D eigenvalue weighted by Gasteiger charge is 2.21. The van der Waals surface area contributed by atoms with Crippen LogP contribution in [0.1, 0.15) is 12.0 Å². The van der Waals surface area contributed by atoms with Crippen LogP contribution in [0.15, 0.2) is 48.5 Å². The second-order valence-corrected chi connectivity index (χ2v) is 5.26. The van der Waals surface area contributed by atoms with E-state index < -0.39 is 0 Å². The molecule has 0 aliphatic carbocycles. The first kappa shape index (κ1) is 13.5. The first-order valence-corrected chi connectivity index (χ1v) is 7.21. The van der Waals surface area contributed by atoms with Crippen LogP contribution in [0.4, 0.5) is 17.1 Å². The second kappa shape index (κ2) is 5.87. The molecule has 3 N–H and O–H groups in total. The van der Waals surface area contributed by atoms with E-state index in [0.717, 1.165) is 30.0 Å². The monoisotopic (exact) mass is 281 g/mol. The van der Waals surface area contributed by atoms with Crippen LogP contribution in [-0.4, -0.2) is 19.0 Å². The molecule has 0 aromatic heterocycles. The summed E-state index contributed by atoms with van der Waals surface area (Å²) in [5, 5.41) is 2.91. The Balaban J connectivity index is 1.59. The third-order valence-corrected chi connectivity index (χ3v) is 3.78. The number of benzene rings is 2. The third-order valence-electron chi connectivity index (χ3n) is 3.78. The molecule has 0 fully saturated rings. The van der Waals surface area contributed by atoms with Crippen molar-refractivity contribution in [2.45, 2.75) is 12.8 Å². The first-order chi connectivity index (χ1) is 10.2. The molecule has 21 heavy (non-hydrogen) atoms. The van der Waals surface area contributed by atoms with Crippen molar-refractivity contribution in [1.82, 2.24) is 0 Å². The van der Waals surface area contributed by atoms with E-state index in [1.807, 2.05) is 42.5 Å². The van der Waals surface area contributed by atoms with Gasteiger partial charge in [0.25, 0.3) is 0 Å². The molecule has 0 radical (unpaired) electrons. The predicted octanol–water partition coefficient (Wildman–Crippen LogP) is 2.66. The summed E-state index contributed by atoms with van der Waals surface area (Å²) in [4.78, 5) is 14.2.